The van der Waals surface area contributed by atoms with Crippen molar-refractivity contribution in [2.75, 3.05) is 19.7 Å². The van der Waals surface area contributed by atoms with E-state index in [1.807, 2.05) is 24.3 Å². The van der Waals surface area contributed by atoms with Crippen molar-refractivity contribution in [2.24, 2.45) is 0 Å². The van der Waals surface area contributed by atoms with Gasteiger partial charge in [0.05, 0.1) is 23.2 Å². The van der Waals surface area contributed by atoms with E-state index in [1.165, 1.54) is 22.2 Å². The van der Waals surface area contributed by atoms with Gasteiger partial charge in [-0.1, -0.05) is 30.0 Å². The van der Waals surface area contributed by atoms with Crippen LogP contribution in [0.25, 0.3) is 16.6 Å². The molecular formula is C25H25N5O4S. The Morgan fingerprint density at radius 1 is 1.09 bits per heavy atom. The minimum Gasteiger partial charge on any atom is -0.450 e. The summed E-state index contributed by atoms with van der Waals surface area (Å²) in [7, 11) is 0. The molecule has 0 saturated carbocycles. The number of para-hydroxylation sites is 1. The maximum atomic E-state index is 13.5. The highest BCUT2D eigenvalue weighted by Gasteiger charge is 2.27. The van der Waals surface area contributed by atoms with Crippen LogP contribution in [0.4, 0.5) is 4.79 Å². The van der Waals surface area contributed by atoms with Crippen molar-refractivity contribution >= 4 is 34.4 Å². The van der Waals surface area contributed by atoms with Crippen LogP contribution in [0.2, 0.25) is 0 Å². The minimum absolute atomic E-state index is 0.0945. The molecule has 9 nitrogen and oxygen atoms in total. The monoisotopic (exact) mass is 491 g/mol. The van der Waals surface area contributed by atoms with Crippen LogP contribution in [0, 0.1) is 0 Å². The number of rotatable bonds is 5. The molecule has 35 heavy (non-hydrogen) atoms. The average molecular weight is 492 g/mol. The molecule has 4 heterocycles. The van der Waals surface area contributed by atoms with Crippen LogP contribution in [0.1, 0.15) is 31.5 Å². The van der Waals surface area contributed by atoms with Crippen LogP contribution < -0.4 is 11.1 Å². The molecule has 0 aliphatic carbocycles. The summed E-state index contributed by atoms with van der Waals surface area (Å²) in [5.74, 6) is 0.396. The van der Waals surface area contributed by atoms with E-state index in [9.17, 15) is 14.4 Å². The molecule has 10 heteroatoms. The Morgan fingerprint density at radius 2 is 1.86 bits per heavy atom. The highest BCUT2D eigenvalue weighted by Crippen LogP contribution is 2.29. The van der Waals surface area contributed by atoms with Crippen LogP contribution >= 0.6 is 11.8 Å². The molecule has 0 bridgehead atoms. The number of benzene rings is 1. The summed E-state index contributed by atoms with van der Waals surface area (Å²) in [5.41, 5.74) is 1.58. The van der Waals surface area contributed by atoms with Crippen molar-refractivity contribution in [1.82, 2.24) is 23.8 Å². The summed E-state index contributed by atoms with van der Waals surface area (Å²) in [4.78, 5) is 49.2. The summed E-state index contributed by atoms with van der Waals surface area (Å²) >= 11 is 1.39. The normalized spacial score (nSPS) is 14.5. The van der Waals surface area contributed by atoms with Gasteiger partial charge in [-0.05, 0) is 44.0 Å². The van der Waals surface area contributed by atoms with Crippen LogP contribution in [0.5, 0.6) is 0 Å². The number of ether oxygens (including phenoxy) is 1. The number of thioether (sulfide) groups is 1. The first-order valence-electron chi connectivity index (χ1n) is 11.6. The van der Waals surface area contributed by atoms with E-state index in [1.54, 1.807) is 40.8 Å². The second kappa shape index (κ2) is 9.91. The van der Waals surface area contributed by atoms with Crippen LogP contribution in [0.15, 0.2) is 69.5 Å². The number of carbonyl (C=O) groups excluding carboxylic acids is 1. The Bertz CT molecular complexity index is 1510. The van der Waals surface area contributed by atoms with Crippen LogP contribution in [0.3, 0.4) is 0 Å². The highest BCUT2D eigenvalue weighted by atomic mass is 32.2. The largest absolute Gasteiger partial charge is 0.450 e. The lowest BCUT2D eigenvalue weighted by molar-refractivity contribution is 0.0915. The Morgan fingerprint density at radius 3 is 2.66 bits per heavy atom. The number of nitrogens with zero attached hydrogens (tertiary/aromatic N) is 5. The van der Waals surface area contributed by atoms with E-state index < -0.39 is 0 Å². The molecule has 0 N–H and O–H groups in total. The standard InChI is InChI=1S/C25H25N5O4S/c1-2-34-25(33)28-13-10-18(11-14-28)30-23(32)19-7-3-4-8-20(19)27-24(30)35-16-17-15-22(31)29-12-6-5-9-21(29)26-17/h3-9,12,15,18H,2,10-11,13-14,16H2,1H3. The molecule has 1 aliphatic heterocycles. The van der Waals surface area contributed by atoms with Crippen molar-refractivity contribution in [3.05, 3.63) is 81.1 Å². The van der Waals surface area contributed by atoms with Crippen LogP contribution in [-0.4, -0.2) is 49.6 Å². The SMILES string of the molecule is CCOC(=O)N1CCC(n2c(SCc3cc(=O)n4ccccc4n3)nc3ccccc3c2=O)CC1. The summed E-state index contributed by atoms with van der Waals surface area (Å²) in [6, 6.07) is 14.1. The lowest BCUT2D eigenvalue weighted by atomic mass is 10.0. The van der Waals surface area contributed by atoms with Gasteiger partial charge in [0.1, 0.15) is 5.65 Å². The Kier molecular flexibility index (Phi) is 6.54. The van der Waals surface area contributed by atoms with Gasteiger partial charge >= 0.3 is 6.09 Å². The van der Waals surface area contributed by atoms with E-state index in [0.29, 0.717) is 65.7 Å². The van der Waals surface area contributed by atoms with Gasteiger partial charge in [-0.2, -0.15) is 0 Å². The van der Waals surface area contributed by atoms with Gasteiger partial charge in [0.2, 0.25) is 0 Å². The predicted octanol–water partition coefficient (Wildman–Crippen LogP) is 3.49. The first-order chi connectivity index (χ1) is 17.0. The second-order valence-corrected chi connectivity index (χ2v) is 9.25. The molecule has 1 saturated heterocycles. The summed E-state index contributed by atoms with van der Waals surface area (Å²) in [6.45, 7) is 3.14. The van der Waals surface area contributed by atoms with Gasteiger partial charge < -0.3 is 9.64 Å². The fraction of sp³-hybridized carbons (Fsp3) is 0.320. The third-order valence-electron chi connectivity index (χ3n) is 6.10. The minimum atomic E-state index is -0.321. The summed E-state index contributed by atoms with van der Waals surface area (Å²) < 4.78 is 8.37. The molecule has 180 valence electrons. The number of likely N-dealkylation sites (tertiary alicyclic amines) is 1. The Hall–Kier alpha value is -3.66. The van der Waals surface area contributed by atoms with Crippen molar-refractivity contribution in [1.29, 1.82) is 0 Å². The summed E-state index contributed by atoms with van der Waals surface area (Å²) in [5, 5.41) is 1.14. The number of carbonyl (C=O) groups is 1. The molecule has 1 aromatic carbocycles. The number of amides is 1. The second-order valence-electron chi connectivity index (χ2n) is 8.31. The van der Waals surface area contributed by atoms with Gasteiger partial charge in [-0.25, -0.2) is 14.8 Å². The molecule has 5 rings (SSSR count). The van der Waals surface area contributed by atoms with Crippen molar-refractivity contribution in [3.63, 3.8) is 0 Å². The fourth-order valence-corrected chi connectivity index (χ4v) is 5.35. The number of aromatic nitrogens is 4. The molecule has 0 spiro atoms. The van der Waals surface area contributed by atoms with E-state index in [4.69, 9.17) is 9.72 Å². The molecule has 0 atom stereocenters. The number of hydrogen-bond acceptors (Lipinski definition) is 7. The molecule has 0 unspecified atom stereocenters. The molecule has 1 amide bonds. The van der Waals surface area contributed by atoms with Gasteiger partial charge in [0.15, 0.2) is 5.16 Å². The first kappa shape index (κ1) is 23.1. The first-order valence-corrected chi connectivity index (χ1v) is 12.6. The maximum absolute atomic E-state index is 13.5. The predicted molar refractivity (Wildman–Crippen MR) is 134 cm³/mol. The molecule has 1 fully saturated rings. The van der Waals surface area contributed by atoms with E-state index in [0.717, 1.165) is 0 Å². The Balaban J connectivity index is 1.46. The quantitative estimate of drug-likeness (QED) is 0.311. The number of hydrogen-bond donors (Lipinski definition) is 0. The smallest absolute Gasteiger partial charge is 0.409 e. The average Bonchev–Trinajstić information content (AvgIpc) is 2.88. The Labute approximate surface area is 205 Å². The number of fused-ring (bicyclic) bond motifs is 2. The molecule has 1 aliphatic rings. The van der Waals surface area contributed by atoms with Gasteiger partial charge in [-0.3, -0.25) is 18.6 Å². The van der Waals surface area contributed by atoms with Gasteiger partial charge in [0, 0.05) is 37.1 Å². The van der Waals surface area contributed by atoms with Crippen LogP contribution in [-0.2, 0) is 10.5 Å². The third kappa shape index (κ3) is 4.66. The topological polar surface area (TPSA) is 98.8 Å². The lowest BCUT2D eigenvalue weighted by Crippen LogP contribution is -2.41. The number of piperidine rings is 1. The lowest BCUT2D eigenvalue weighted by Gasteiger charge is -2.33. The zero-order valence-corrected chi connectivity index (χ0v) is 20.1. The maximum Gasteiger partial charge on any atom is 0.409 e. The van der Waals surface area contributed by atoms with Gasteiger partial charge in [-0.15, -0.1) is 0 Å². The van der Waals surface area contributed by atoms with E-state index in [2.05, 4.69) is 4.98 Å². The van der Waals surface area contributed by atoms with E-state index in [-0.39, 0.29) is 23.3 Å². The molecule has 4 aromatic rings. The molecule has 3 aromatic heterocycles. The molecular weight excluding hydrogens is 466 g/mol. The van der Waals surface area contributed by atoms with Crippen molar-refractivity contribution in [2.45, 2.75) is 36.7 Å². The zero-order chi connectivity index (χ0) is 24.4. The van der Waals surface area contributed by atoms with Crippen molar-refractivity contribution < 1.29 is 9.53 Å². The highest BCUT2D eigenvalue weighted by molar-refractivity contribution is 7.98. The zero-order valence-electron chi connectivity index (χ0n) is 19.3. The molecule has 0 radical (unpaired) electrons. The third-order valence-corrected chi connectivity index (χ3v) is 7.09. The van der Waals surface area contributed by atoms with Gasteiger partial charge in [0.25, 0.3) is 11.1 Å². The van der Waals surface area contributed by atoms with Crippen molar-refractivity contribution in [3.8, 4) is 0 Å². The van der Waals surface area contributed by atoms with E-state index >= 15 is 0 Å². The fourth-order valence-electron chi connectivity index (χ4n) is 4.39. The summed E-state index contributed by atoms with van der Waals surface area (Å²) in [6.07, 6.45) is 2.62. The number of pyridine rings is 1.